The molecule has 0 unspecified atom stereocenters. The number of carboxylic acid groups (broad SMARTS) is 1. The number of nitrogens with zero attached hydrogens (tertiary/aromatic N) is 1. The maximum absolute atomic E-state index is 13.7. The van der Waals surface area contributed by atoms with Gasteiger partial charge in [0.15, 0.2) is 0 Å². The van der Waals surface area contributed by atoms with E-state index in [4.69, 9.17) is 9.84 Å². The second-order valence-corrected chi connectivity index (χ2v) is 9.91. The lowest BCUT2D eigenvalue weighted by molar-refractivity contribution is -0.131. The molecule has 37 heavy (non-hydrogen) atoms. The SMILES string of the molecule is CC(C)Oc1ccc(-c2ccc(CN(C(=O)C3CCCCC3)c3cccc(C=CC(=O)O)c3)cc2)cc1. The lowest BCUT2D eigenvalue weighted by atomic mass is 9.88. The second-order valence-electron chi connectivity index (χ2n) is 9.91. The van der Waals surface area contributed by atoms with Gasteiger partial charge in [-0.2, -0.15) is 0 Å². The Balaban J connectivity index is 1.56. The van der Waals surface area contributed by atoms with Crippen molar-refractivity contribution < 1.29 is 19.4 Å². The van der Waals surface area contributed by atoms with Gasteiger partial charge >= 0.3 is 5.97 Å². The molecular formula is C32H35NO4. The van der Waals surface area contributed by atoms with E-state index in [0.29, 0.717) is 6.54 Å². The number of hydrogen-bond donors (Lipinski definition) is 1. The largest absolute Gasteiger partial charge is 0.491 e. The number of rotatable bonds is 9. The molecule has 0 aromatic heterocycles. The first-order chi connectivity index (χ1) is 17.9. The zero-order valence-electron chi connectivity index (χ0n) is 21.6. The van der Waals surface area contributed by atoms with Gasteiger partial charge in [0.25, 0.3) is 0 Å². The Hall–Kier alpha value is -3.86. The summed E-state index contributed by atoms with van der Waals surface area (Å²) in [5.74, 6) is 0.0251. The number of ether oxygens (including phenoxy) is 1. The lowest BCUT2D eigenvalue weighted by Crippen LogP contribution is -2.36. The van der Waals surface area contributed by atoms with Crippen molar-refractivity contribution in [2.45, 2.75) is 58.6 Å². The zero-order valence-corrected chi connectivity index (χ0v) is 21.6. The maximum atomic E-state index is 13.7. The molecule has 4 rings (SSSR count). The van der Waals surface area contributed by atoms with E-state index in [-0.39, 0.29) is 17.9 Å². The monoisotopic (exact) mass is 497 g/mol. The van der Waals surface area contributed by atoms with Gasteiger partial charge < -0.3 is 14.7 Å². The highest BCUT2D eigenvalue weighted by Crippen LogP contribution is 2.30. The van der Waals surface area contributed by atoms with Crippen LogP contribution in [0.1, 0.15) is 57.1 Å². The molecule has 0 aliphatic heterocycles. The highest BCUT2D eigenvalue weighted by Gasteiger charge is 2.27. The van der Waals surface area contributed by atoms with Crippen molar-refractivity contribution in [2.75, 3.05) is 4.90 Å². The fourth-order valence-electron chi connectivity index (χ4n) is 4.81. The number of carboxylic acids is 1. The standard InChI is InChI=1S/C32H35NO4/c1-23(2)37-30-18-16-27(17-19-30)26-14-11-25(12-15-26)22-33(32(36)28-8-4-3-5-9-28)29-10-6-7-24(21-29)13-20-31(34)35/h6-7,10-21,23,28H,3-5,8-9,22H2,1-2H3,(H,34,35). The van der Waals surface area contributed by atoms with Crippen molar-refractivity contribution in [2.24, 2.45) is 5.92 Å². The highest BCUT2D eigenvalue weighted by molar-refractivity contribution is 5.95. The van der Waals surface area contributed by atoms with E-state index >= 15 is 0 Å². The van der Waals surface area contributed by atoms with Crippen LogP contribution in [0.4, 0.5) is 5.69 Å². The van der Waals surface area contributed by atoms with Crippen molar-refractivity contribution in [1.82, 2.24) is 0 Å². The Labute approximate surface area is 219 Å². The number of hydrogen-bond acceptors (Lipinski definition) is 3. The molecule has 3 aromatic rings. The Bertz CT molecular complexity index is 1220. The minimum Gasteiger partial charge on any atom is -0.491 e. The summed E-state index contributed by atoms with van der Waals surface area (Å²) in [6, 6.07) is 23.9. The Morgan fingerprint density at radius 2 is 1.59 bits per heavy atom. The molecule has 1 aliphatic carbocycles. The van der Waals surface area contributed by atoms with E-state index in [2.05, 4.69) is 36.4 Å². The van der Waals surface area contributed by atoms with Crippen molar-refractivity contribution in [3.8, 4) is 16.9 Å². The third kappa shape index (κ3) is 7.32. The summed E-state index contributed by atoms with van der Waals surface area (Å²) in [5, 5.41) is 9.00. The molecule has 1 aliphatic rings. The predicted octanol–water partition coefficient (Wildman–Crippen LogP) is 7.35. The first kappa shape index (κ1) is 26.2. The van der Waals surface area contributed by atoms with Crippen LogP contribution in [-0.2, 0) is 16.1 Å². The molecule has 0 saturated heterocycles. The number of carbonyl (C=O) groups excluding carboxylic acids is 1. The van der Waals surface area contributed by atoms with Crippen molar-refractivity contribution in [3.05, 3.63) is 90.0 Å². The van der Waals surface area contributed by atoms with E-state index in [1.54, 1.807) is 6.08 Å². The maximum Gasteiger partial charge on any atom is 0.328 e. The van der Waals surface area contributed by atoms with Gasteiger partial charge in [-0.05, 0) is 79.3 Å². The van der Waals surface area contributed by atoms with Crippen LogP contribution in [0.5, 0.6) is 5.75 Å². The third-order valence-electron chi connectivity index (χ3n) is 6.67. The average molecular weight is 498 g/mol. The third-order valence-corrected chi connectivity index (χ3v) is 6.67. The van der Waals surface area contributed by atoms with Crippen LogP contribution in [0.2, 0.25) is 0 Å². The zero-order chi connectivity index (χ0) is 26.2. The van der Waals surface area contributed by atoms with Crippen LogP contribution in [0, 0.1) is 5.92 Å². The molecule has 1 amide bonds. The van der Waals surface area contributed by atoms with Gasteiger partial charge in [0.05, 0.1) is 12.6 Å². The summed E-state index contributed by atoms with van der Waals surface area (Å²) in [6.45, 7) is 4.48. The van der Waals surface area contributed by atoms with Gasteiger partial charge in [0.1, 0.15) is 5.75 Å². The number of carbonyl (C=O) groups is 2. The number of anilines is 1. The van der Waals surface area contributed by atoms with Gasteiger partial charge in [-0.15, -0.1) is 0 Å². The fraction of sp³-hybridized carbons (Fsp3) is 0.312. The summed E-state index contributed by atoms with van der Waals surface area (Å²) in [6.07, 6.45) is 8.01. The number of amides is 1. The predicted molar refractivity (Wildman–Crippen MR) is 149 cm³/mol. The van der Waals surface area contributed by atoms with Gasteiger partial charge in [-0.3, -0.25) is 4.79 Å². The molecule has 0 heterocycles. The summed E-state index contributed by atoms with van der Waals surface area (Å²) in [4.78, 5) is 26.5. The van der Waals surface area contributed by atoms with Crippen molar-refractivity contribution in [3.63, 3.8) is 0 Å². The number of benzene rings is 3. The molecule has 0 spiro atoms. The van der Waals surface area contributed by atoms with Gasteiger partial charge in [-0.25, -0.2) is 4.79 Å². The minimum absolute atomic E-state index is 0.0258. The van der Waals surface area contributed by atoms with E-state index in [1.807, 2.05) is 55.1 Å². The topological polar surface area (TPSA) is 66.8 Å². The molecule has 1 fully saturated rings. The van der Waals surface area contributed by atoms with Gasteiger partial charge in [-0.1, -0.05) is 67.8 Å². The summed E-state index contributed by atoms with van der Waals surface area (Å²) in [5.41, 5.74) is 4.79. The minimum atomic E-state index is -0.997. The summed E-state index contributed by atoms with van der Waals surface area (Å²) < 4.78 is 5.75. The van der Waals surface area contributed by atoms with E-state index in [9.17, 15) is 9.59 Å². The summed E-state index contributed by atoms with van der Waals surface area (Å²) in [7, 11) is 0. The van der Waals surface area contributed by atoms with Gasteiger partial charge in [0.2, 0.25) is 5.91 Å². The average Bonchev–Trinajstić information content (AvgIpc) is 2.91. The Kier molecular flexibility index (Phi) is 8.78. The first-order valence-electron chi connectivity index (χ1n) is 13.1. The van der Waals surface area contributed by atoms with Crippen LogP contribution in [0.15, 0.2) is 78.9 Å². The fourth-order valence-corrected chi connectivity index (χ4v) is 4.81. The second kappa shape index (κ2) is 12.4. The molecule has 0 bridgehead atoms. The quantitative estimate of drug-likeness (QED) is 0.314. The molecule has 192 valence electrons. The molecule has 1 saturated carbocycles. The van der Waals surface area contributed by atoms with Crippen molar-refractivity contribution in [1.29, 1.82) is 0 Å². The van der Waals surface area contributed by atoms with Gasteiger partial charge in [0, 0.05) is 17.7 Å². The molecule has 0 atom stereocenters. The molecule has 1 N–H and O–H groups in total. The van der Waals surface area contributed by atoms with Crippen LogP contribution < -0.4 is 9.64 Å². The smallest absolute Gasteiger partial charge is 0.328 e. The van der Waals surface area contributed by atoms with Crippen LogP contribution >= 0.6 is 0 Å². The highest BCUT2D eigenvalue weighted by atomic mass is 16.5. The molecule has 5 heteroatoms. The Morgan fingerprint density at radius 1 is 0.946 bits per heavy atom. The summed E-state index contributed by atoms with van der Waals surface area (Å²) >= 11 is 0. The van der Waals surface area contributed by atoms with Crippen LogP contribution in [0.3, 0.4) is 0 Å². The molecule has 5 nitrogen and oxygen atoms in total. The number of aliphatic carboxylic acids is 1. The molecular weight excluding hydrogens is 462 g/mol. The normalized spacial score (nSPS) is 14.1. The van der Waals surface area contributed by atoms with Crippen LogP contribution in [0.25, 0.3) is 17.2 Å². The van der Waals surface area contributed by atoms with E-state index < -0.39 is 5.97 Å². The van der Waals surface area contributed by atoms with Crippen LogP contribution in [-0.4, -0.2) is 23.1 Å². The van der Waals surface area contributed by atoms with E-state index in [1.165, 1.54) is 6.42 Å². The van der Waals surface area contributed by atoms with E-state index in [0.717, 1.165) is 65.5 Å². The molecule has 3 aromatic carbocycles. The Morgan fingerprint density at radius 3 is 2.22 bits per heavy atom. The first-order valence-corrected chi connectivity index (χ1v) is 13.1. The van der Waals surface area contributed by atoms with Crippen molar-refractivity contribution >= 4 is 23.6 Å². The molecule has 0 radical (unpaired) electrons. The lowest BCUT2D eigenvalue weighted by Gasteiger charge is -2.30.